The van der Waals surface area contributed by atoms with E-state index < -0.39 is 0 Å². The fourth-order valence-electron chi connectivity index (χ4n) is 2.23. The molecule has 1 aromatic rings. The summed E-state index contributed by atoms with van der Waals surface area (Å²) in [5.74, 6) is 0. The number of ether oxygens (including phenoxy) is 1. The second-order valence-corrected chi connectivity index (χ2v) is 5.03. The van der Waals surface area contributed by atoms with Gasteiger partial charge in [-0.1, -0.05) is 30.9 Å². The number of nitrogens with zero attached hydrogens (tertiary/aromatic N) is 1. The van der Waals surface area contributed by atoms with Crippen molar-refractivity contribution in [1.29, 1.82) is 0 Å². The van der Waals surface area contributed by atoms with Crippen LogP contribution < -0.4 is 5.73 Å². The van der Waals surface area contributed by atoms with Gasteiger partial charge in [0.05, 0.1) is 17.7 Å². The molecule has 0 spiro atoms. The van der Waals surface area contributed by atoms with E-state index >= 15 is 0 Å². The zero-order valence-electron chi connectivity index (χ0n) is 9.94. The molecular formula is C13H19ClN2O. The first-order valence-corrected chi connectivity index (χ1v) is 6.61. The minimum atomic E-state index is 0.165. The molecular weight excluding hydrogens is 236 g/mol. The van der Waals surface area contributed by atoms with Gasteiger partial charge in [0.15, 0.2) is 0 Å². The van der Waals surface area contributed by atoms with E-state index in [4.69, 9.17) is 22.1 Å². The summed E-state index contributed by atoms with van der Waals surface area (Å²) in [4.78, 5) is 3.96. The lowest BCUT2D eigenvalue weighted by Crippen LogP contribution is -2.35. The Morgan fingerprint density at radius 2 is 2.18 bits per heavy atom. The Bertz CT molecular complexity index is 359. The van der Waals surface area contributed by atoms with Gasteiger partial charge in [0, 0.05) is 18.4 Å². The third-order valence-corrected chi connectivity index (χ3v) is 3.65. The van der Waals surface area contributed by atoms with Gasteiger partial charge in [-0.15, -0.1) is 0 Å². The molecule has 3 nitrogen and oxygen atoms in total. The van der Waals surface area contributed by atoms with Crippen molar-refractivity contribution < 1.29 is 4.74 Å². The second kappa shape index (κ2) is 6.34. The van der Waals surface area contributed by atoms with Crippen molar-refractivity contribution in [2.24, 2.45) is 5.73 Å². The number of pyridine rings is 1. The Balaban J connectivity index is 1.90. The molecule has 0 saturated heterocycles. The van der Waals surface area contributed by atoms with Crippen LogP contribution in [0, 0.1) is 0 Å². The van der Waals surface area contributed by atoms with Gasteiger partial charge in [0.1, 0.15) is 0 Å². The number of rotatable bonds is 3. The Hall–Kier alpha value is -0.640. The lowest BCUT2D eigenvalue weighted by Gasteiger charge is -2.22. The van der Waals surface area contributed by atoms with E-state index in [1.54, 1.807) is 12.4 Å². The predicted octanol–water partition coefficient (Wildman–Crippen LogP) is 2.91. The molecule has 1 saturated carbocycles. The molecule has 0 aliphatic heterocycles. The van der Waals surface area contributed by atoms with Crippen molar-refractivity contribution in [3.63, 3.8) is 0 Å². The first kappa shape index (κ1) is 12.8. The topological polar surface area (TPSA) is 48.1 Å². The van der Waals surface area contributed by atoms with Gasteiger partial charge >= 0.3 is 0 Å². The number of hydrogen-bond donors (Lipinski definition) is 1. The SMILES string of the molecule is NC1CCCCCC1OCc1ccncc1Cl. The fraction of sp³-hybridized carbons (Fsp3) is 0.615. The molecule has 2 atom stereocenters. The van der Waals surface area contributed by atoms with Crippen LogP contribution in [0.3, 0.4) is 0 Å². The highest BCUT2D eigenvalue weighted by Gasteiger charge is 2.21. The summed E-state index contributed by atoms with van der Waals surface area (Å²) in [6, 6.07) is 2.06. The van der Waals surface area contributed by atoms with Gasteiger partial charge in [-0.25, -0.2) is 0 Å². The number of aromatic nitrogens is 1. The Labute approximate surface area is 107 Å². The maximum Gasteiger partial charge on any atom is 0.0737 e. The summed E-state index contributed by atoms with van der Waals surface area (Å²) in [7, 11) is 0. The highest BCUT2D eigenvalue weighted by molar-refractivity contribution is 6.31. The molecule has 0 aromatic carbocycles. The van der Waals surface area contributed by atoms with Crippen LogP contribution in [0.4, 0.5) is 0 Å². The van der Waals surface area contributed by atoms with Gasteiger partial charge in [-0.2, -0.15) is 0 Å². The van der Waals surface area contributed by atoms with Crippen LogP contribution in [-0.4, -0.2) is 17.1 Å². The maximum absolute atomic E-state index is 6.11. The average Bonchev–Trinajstić information content (AvgIpc) is 2.53. The summed E-state index contributed by atoms with van der Waals surface area (Å²) in [6.45, 7) is 0.528. The largest absolute Gasteiger partial charge is 0.372 e. The van der Waals surface area contributed by atoms with Crippen molar-refractivity contribution in [2.75, 3.05) is 0 Å². The van der Waals surface area contributed by atoms with Crippen molar-refractivity contribution in [1.82, 2.24) is 4.98 Å². The van der Waals surface area contributed by atoms with E-state index in [0.717, 1.165) is 18.4 Å². The molecule has 2 unspecified atom stereocenters. The Kier molecular flexibility index (Phi) is 4.77. The van der Waals surface area contributed by atoms with Gasteiger partial charge in [-0.05, 0) is 24.5 Å². The van der Waals surface area contributed by atoms with E-state index in [1.807, 2.05) is 6.07 Å². The van der Waals surface area contributed by atoms with E-state index in [1.165, 1.54) is 19.3 Å². The summed E-state index contributed by atoms with van der Waals surface area (Å²) in [5.41, 5.74) is 7.10. The highest BCUT2D eigenvalue weighted by atomic mass is 35.5. The molecule has 1 heterocycles. The van der Waals surface area contributed by atoms with E-state index in [2.05, 4.69) is 4.98 Å². The number of halogens is 1. The van der Waals surface area contributed by atoms with Crippen molar-refractivity contribution in [3.05, 3.63) is 29.0 Å². The van der Waals surface area contributed by atoms with E-state index in [0.29, 0.717) is 11.6 Å². The van der Waals surface area contributed by atoms with Crippen LogP contribution >= 0.6 is 11.6 Å². The van der Waals surface area contributed by atoms with Gasteiger partial charge in [-0.3, -0.25) is 4.98 Å². The molecule has 1 aromatic heterocycles. The quantitative estimate of drug-likeness (QED) is 0.844. The molecule has 1 fully saturated rings. The Morgan fingerprint density at radius 1 is 1.35 bits per heavy atom. The smallest absolute Gasteiger partial charge is 0.0737 e. The zero-order valence-corrected chi connectivity index (χ0v) is 10.7. The van der Waals surface area contributed by atoms with Gasteiger partial charge < -0.3 is 10.5 Å². The lowest BCUT2D eigenvalue weighted by atomic mass is 10.1. The first-order chi connectivity index (χ1) is 8.27. The van der Waals surface area contributed by atoms with Crippen molar-refractivity contribution in [3.8, 4) is 0 Å². The van der Waals surface area contributed by atoms with Crippen LogP contribution in [-0.2, 0) is 11.3 Å². The summed E-state index contributed by atoms with van der Waals surface area (Å²) in [5, 5.41) is 0.662. The minimum absolute atomic E-state index is 0.165. The average molecular weight is 255 g/mol. The van der Waals surface area contributed by atoms with Crippen LogP contribution in [0.25, 0.3) is 0 Å². The first-order valence-electron chi connectivity index (χ1n) is 6.23. The molecule has 4 heteroatoms. The van der Waals surface area contributed by atoms with E-state index in [-0.39, 0.29) is 12.1 Å². The van der Waals surface area contributed by atoms with Crippen LogP contribution in [0.15, 0.2) is 18.5 Å². The zero-order chi connectivity index (χ0) is 12.1. The molecule has 1 aliphatic carbocycles. The second-order valence-electron chi connectivity index (χ2n) is 4.62. The van der Waals surface area contributed by atoms with Gasteiger partial charge in [0.2, 0.25) is 0 Å². The number of hydrogen-bond acceptors (Lipinski definition) is 3. The van der Waals surface area contributed by atoms with Crippen LogP contribution in [0.1, 0.15) is 37.7 Å². The predicted molar refractivity (Wildman–Crippen MR) is 68.9 cm³/mol. The minimum Gasteiger partial charge on any atom is -0.372 e. The van der Waals surface area contributed by atoms with Crippen LogP contribution in [0.5, 0.6) is 0 Å². The highest BCUT2D eigenvalue weighted by Crippen LogP contribution is 2.22. The summed E-state index contributed by atoms with van der Waals surface area (Å²) < 4.78 is 5.90. The maximum atomic E-state index is 6.11. The molecule has 0 amide bonds. The van der Waals surface area contributed by atoms with Crippen LogP contribution in [0.2, 0.25) is 5.02 Å². The lowest BCUT2D eigenvalue weighted by molar-refractivity contribution is 0.0194. The molecule has 17 heavy (non-hydrogen) atoms. The number of nitrogens with two attached hydrogens (primary N) is 1. The van der Waals surface area contributed by atoms with Crippen molar-refractivity contribution >= 4 is 11.6 Å². The molecule has 0 bridgehead atoms. The van der Waals surface area contributed by atoms with E-state index in [9.17, 15) is 0 Å². The normalized spacial score (nSPS) is 25.5. The molecule has 2 rings (SSSR count). The summed E-state index contributed by atoms with van der Waals surface area (Å²) >= 11 is 6.04. The van der Waals surface area contributed by atoms with Crippen molar-refractivity contribution in [2.45, 2.75) is 50.9 Å². The third kappa shape index (κ3) is 3.66. The monoisotopic (exact) mass is 254 g/mol. The summed E-state index contributed by atoms with van der Waals surface area (Å²) in [6.07, 6.45) is 9.37. The fourth-order valence-corrected chi connectivity index (χ4v) is 2.40. The standard InChI is InChI=1S/C13H19ClN2O/c14-11-8-16-7-6-10(11)9-17-13-5-3-1-2-4-12(13)15/h6-8,12-13H,1-5,9,15H2. The molecule has 0 radical (unpaired) electrons. The molecule has 1 aliphatic rings. The third-order valence-electron chi connectivity index (χ3n) is 3.31. The molecule has 94 valence electrons. The van der Waals surface area contributed by atoms with Gasteiger partial charge in [0.25, 0.3) is 0 Å². The molecule has 2 N–H and O–H groups in total. The Morgan fingerprint density at radius 3 is 3.00 bits per heavy atom.